The minimum atomic E-state index is -1.75. The van der Waals surface area contributed by atoms with Crippen molar-refractivity contribution in [3.8, 4) is 0 Å². The van der Waals surface area contributed by atoms with Crippen LogP contribution in [0.4, 0.5) is 0 Å². The molecule has 1 saturated carbocycles. The lowest BCUT2D eigenvalue weighted by atomic mass is 10.2. The van der Waals surface area contributed by atoms with Crippen LogP contribution in [0.15, 0.2) is 0 Å². The average Bonchev–Trinajstić information content (AvgIpc) is 3.00. The molecule has 0 aromatic rings. The summed E-state index contributed by atoms with van der Waals surface area (Å²) < 4.78 is 13.8. The molecule has 0 radical (unpaired) electrons. The number of hydrogen-bond acceptors (Lipinski definition) is 2. The first kappa shape index (κ1) is 22.1. The normalized spacial score (nSPS) is 20.5. The van der Waals surface area contributed by atoms with Crippen molar-refractivity contribution < 1.29 is 8.85 Å². The van der Waals surface area contributed by atoms with Crippen molar-refractivity contribution in [3.63, 3.8) is 0 Å². The Hall–Kier alpha value is 1.08. The molecule has 0 aromatic heterocycles. The second kappa shape index (κ2) is 7.01. The van der Waals surface area contributed by atoms with Crippen molar-refractivity contribution in [2.75, 3.05) is 6.61 Å². The van der Waals surface area contributed by atoms with Gasteiger partial charge < -0.3 is 8.85 Å². The Labute approximate surface area is 160 Å². The van der Waals surface area contributed by atoms with Gasteiger partial charge in [-0.25, -0.2) is 0 Å². The van der Waals surface area contributed by atoms with E-state index in [4.69, 9.17) is 8.85 Å². The van der Waals surface area contributed by atoms with Gasteiger partial charge >= 0.3 is 0 Å². The Bertz CT molecular complexity index is 404. The zero-order valence-electron chi connectivity index (χ0n) is 17.1. The first-order valence-electron chi connectivity index (χ1n) is 9.00. The second-order valence-corrected chi connectivity index (χ2v) is 22.3. The van der Waals surface area contributed by atoms with Gasteiger partial charge in [0.05, 0.1) is 12.7 Å². The van der Waals surface area contributed by atoms with Gasteiger partial charge in [0.25, 0.3) is 0 Å². The smallest absolute Gasteiger partial charge is 0.192 e. The summed E-state index contributed by atoms with van der Waals surface area (Å²) in [6.45, 7) is 24.1. The second-order valence-electron chi connectivity index (χ2n) is 10.4. The van der Waals surface area contributed by atoms with E-state index >= 15 is 0 Å². The zero-order valence-corrected chi connectivity index (χ0v) is 21.3. The molecule has 1 aliphatic carbocycles. The summed E-state index contributed by atoms with van der Waals surface area (Å²) in [5.41, 5.74) is 0. The first-order chi connectivity index (χ1) is 9.99. The van der Waals surface area contributed by atoms with Crippen LogP contribution >= 0.6 is 22.6 Å². The fourth-order valence-corrected chi connectivity index (χ4v) is 5.13. The molecule has 1 rings (SSSR count). The van der Waals surface area contributed by atoms with E-state index < -0.39 is 16.6 Å². The van der Waals surface area contributed by atoms with E-state index in [0.717, 1.165) is 13.0 Å². The van der Waals surface area contributed by atoms with Crippen molar-refractivity contribution in [1.29, 1.82) is 0 Å². The van der Waals surface area contributed by atoms with Crippen molar-refractivity contribution in [3.05, 3.63) is 0 Å². The lowest BCUT2D eigenvalue weighted by molar-refractivity contribution is 0.0996. The van der Waals surface area contributed by atoms with Gasteiger partial charge in [-0.15, -0.1) is 0 Å². The molecule has 1 unspecified atom stereocenters. The van der Waals surface area contributed by atoms with Crippen LogP contribution in [-0.2, 0) is 8.85 Å². The van der Waals surface area contributed by atoms with E-state index in [0.29, 0.717) is 3.42 Å². The molecule has 0 aromatic carbocycles. The molecule has 1 fully saturated rings. The third kappa shape index (κ3) is 6.39. The highest BCUT2D eigenvalue weighted by Gasteiger charge is 2.46. The highest BCUT2D eigenvalue weighted by atomic mass is 127. The first-order valence-corrected chi connectivity index (χ1v) is 15.9. The summed E-state index contributed by atoms with van der Waals surface area (Å²) in [5.74, 6) is 0. The number of rotatable bonds is 7. The van der Waals surface area contributed by atoms with Crippen molar-refractivity contribution >= 4 is 39.2 Å². The third-order valence-corrected chi connectivity index (χ3v) is 16.6. The van der Waals surface area contributed by atoms with Crippen molar-refractivity contribution in [1.82, 2.24) is 0 Å². The highest BCUT2D eigenvalue weighted by molar-refractivity contribution is 14.1. The minimum Gasteiger partial charge on any atom is -0.414 e. The van der Waals surface area contributed by atoms with Gasteiger partial charge in [-0.1, -0.05) is 64.1 Å². The SMILES string of the molecule is CC(C)(C)[Si](C)(C)OCC(CC1(I)CC1)O[Si](C)(C)C(C)(C)C. The van der Waals surface area contributed by atoms with Crippen molar-refractivity contribution in [2.24, 2.45) is 0 Å². The topological polar surface area (TPSA) is 18.5 Å². The van der Waals surface area contributed by atoms with E-state index in [-0.39, 0.29) is 16.2 Å². The summed E-state index contributed by atoms with van der Waals surface area (Å²) in [7, 11) is -3.46. The maximum atomic E-state index is 6.76. The molecule has 2 nitrogen and oxygen atoms in total. The van der Waals surface area contributed by atoms with Crippen LogP contribution in [0.1, 0.15) is 60.8 Å². The predicted molar refractivity (Wildman–Crippen MR) is 116 cm³/mol. The van der Waals surface area contributed by atoms with Crippen LogP contribution in [0, 0.1) is 0 Å². The molecule has 1 atom stereocenters. The van der Waals surface area contributed by atoms with E-state index in [1.165, 1.54) is 12.8 Å². The number of hydrogen-bond donors (Lipinski definition) is 0. The Balaban J connectivity index is 2.78. The van der Waals surface area contributed by atoms with E-state index in [2.05, 4.69) is 90.3 Å². The Morgan fingerprint density at radius 2 is 1.35 bits per heavy atom. The average molecular weight is 471 g/mol. The highest BCUT2D eigenvalue weighted by Crippen LogP contribution is 2.50. The molecule has 1 aliphatic rings. The summed E-state index contributed by atoms with van der Waals surface area (Å²) in [6, 6.07) is 0. The van der Waals surface area contributed by atoms with Crippen molar-refractivity contribution in [2.45, 2.75) is 107 Å². The summed E-state index contributed by atoms with van der Waals surface area (Å²) in [5, 5.41) is 0.514. The molecule has 138 valence electrons. The Morgan fingerprint density at radius 1 is 0.913 bits per heavy atom. The third-order valence-electron chi connectivity index (χ3n) is 6.09. The lowest BCUT2D eigenvalue weighted by Gasteiger charge is -2.42. The summed E-state index contributed by atoms with van der Waals surface area (Å²) in [6.07, 6.45) is 4.08. The van der Waals surface area contributed by atoms with Gasteiger partial charge in [0.2, 0.25) is 0 Å². The van der Waals surface area contributed by atoms with Crippen LogP contribution in [0.2, 0.25) is 36.3 Å². The molecule has 0 aliphatic heterocycles. The van der Waals surface area contributed by atoms with Crippen LogP contribution in [-0.4, -0.2) is 32.8 Å². The molecule has 0 bridgehead atoms. The van der Waals surface area contributed by atoms with E-state index in [1.807, 2.05) is 0 Å². The molecular formula is C18H39IO2Si2. The maximum absolute atomic E-state index is 6.76. The van der Waals surface area contributed by atoms with Crippen LogP contribution in [0.5, 0.6) is 0 Å². The maximum Gasteiger partial charge on any atom is 0.192 e. The van der Waals surface area contributed by atoms with Crippen LogP contribution in [0.25, 0.3) is 0 Å². The fraction of sp³-hybridized carbons (Fsp3) is 1.00. The standard InChI is InChI=1S/C18H39IO2Si2/c1-16(2,3)22(7,8)20-14-15(13-18(19)11-12-18)21-23(9,10)17(4,5)6/h15H,11-14H2,1-10H3. The summed E-state index contributed by atoms with van der Waals surface area (Å²) >= 11 is 2.64. The molecule has 23 heavy (non-hydrogen) atoms. The van der Waals surface area contributed by atoms with E-state index in [9.17, 15) is 0 Å². The van der Waals surface area contributed by atoms with Gasteiger partial charge in [-0.05, 0) is 55.5 Å². The predicted octanol–water partition coefficient (Wildman–Crippen LogP) is 6.76. The molecule has 0 spiro atoms. The zero-order chi connectivity index (χ0) is 18.3. The molecule has 0 N–H and O–H groups in total. The monoisotopic (exact) mass is 470 g/mol. The van der Waals surface area contributed by atoms with Gasteiger partial charge in [0.15, 0.2) is 16.6 Å². The number of halogens is 1. The van der Waals surface area contributed by atoms with Gasteiger partial charge in [0.1, 0.15) is 0 Å². The van der Waals surface area contributed by atoms with Gasteiger partial charge in [0, 0.05) is 3.42 Å². The molecule has 0 saturated heterocycles. The van der Waals surface area contributed by atoms with E-state index in [1.54, 1.807) is 0 Å². The molecule has 5 heteroatoms. The number of alkyl halides is 1. The fourth-order valence-electron chi connectivity index (χ4n) is 1.99. The Morgan fingerprint density at radius 3 is 1.70 bits per heavy atom. The van der Waals surface area contributed by atoms with Gasteiger partial charge in [-0.3, -0.25) is 0 Å². The quantitative estimate of drug-likeness (QED) is 0.233. The molecule has 0 amide bonds. The lowest BCUT2D eigenvalue weighted by Crippen LogP contribution is -2.48. The van der Waals surface area contributed by atoms with Crippen LogP contribution in [0.3, 0.4) is 0 Å². The Kier molecular flexibility index (Phi) is 6.74. The molecule has 0 heterocycles. The van der Waals surface area contributed by atoms with Gasteiger partial charge in [-0.2, -0.15) is 0 Å². The van der Waals surface area contributed by atoms with Crippen LogP contribution < -0.4 is 0 Å². The molecular weight excluding hydrogens is 431 g/mol. The minimum absolute atomic E-state index is 0.254. The largest absolute Gasteiger partial charge is 0.414 e. The summed E-state index contributed by atoms with van der Waals surface area (Å²) in [4.78, 5) is 0.